The molecule has 2 fully saturated rings. The number of piperazine rings is 1. The van der Waals surface area contributed by atoms with Gasteiger partial charge in [0.1, 0.15) is 0 Å². The van der Waals surface area contributed by atoms with Gasteiger partial charge in [0.05, 0.1) is 22.9 Å². The molecule has 2 saturated heterocycles. The van der Waals surface area contributed by atoms with Crippen molar-refractivity contribution in [2.75, 3.05) is 43.4 Å². The van der Waals surface area contributed by atoms with E-state index < -0.39 is 9.84 Å². The molecule has 2 aliphatic rings. The molecule has 9 nitrogen and oxygen atoms in total. The lowest BCUT2D eigenvalue weighted by atomic mass is 10.1. The Kier molecular flexibility index (Phi) is 6.12. The normalized spacial score (nSPS) is 21.8. The fourth-order valence-corrected chi connectivity index (χ4v) is 6.68. The summed E-state index contributed by atoms with van der Waals surface area (Å²) in [5.41, 5.74) is 3.13. The van der Waals surface area contributed by atoms with E-state index in [4.69, 9.17) is 0 Å². The van der Waals surface area contributed by atoms with Gasteiger partial charge in [0.2, 0.25) is 11.1 Å². The van der Waals surface area contributed by atoms with Crippen LogP contribution in [0.4, 0.5) is 0 Å². The van der Waals surface area contributed by atoms with Crippen LogP contribution in [-0.2, 0) is 14.6 Å². The van der Waals surface area contributed by atoms with Crippen molar-refractivity contribution in [3.63, 3.8) is 0 Å². The van der Waals surface area contributed by atoms with E-state index in [9.17, 15) is 13.2 Å². The number of aromatic nitrogens is 4. The quantitative estimate of drug-likeness (QED) is 0.614. The molecule has 0 saturated carbocycles. The lowest BCUT2D eigenvalue weighted by molar-refractivity contribution is -0.130. The minimum Gasteiger partial charge on any atom is -0.339 e. The molecule has 30 heavy (non-hydrogen) atoms. The maximum absolute atomic E-state index is 12.7. The Morgan fingerprint density at radius 3 is 2.47 bits per heavy atom. The van der Waals surface area contributed by atoms with Crippen LogP contribution in [0.3, 0.4) is 0 Å². The SMILES string of the molecule is Cc1cc(C)cc(-n2nnnc2SCC(=O)N2CCN(C3CCS(=O)(=O)C3)CC2)c1. The Labute approximate surface area is 180 Å². The monoisotopic (exact) mass is 450 g/mol. The molecule has 1 aromatic heterocycles. The second kappa shape index (κ2) is 8.64. The second-order valence-corrected chi connectivity index (χ2v) is 11.2. The minimum atomic E-state index is -2.89. The van der Waals surface area contributed by atoms with Gasteiger partial charge in [-0.1, -0.05) is 17.8 Å². The lowest BCUT2D eigenvalue weighted by Gasteiger charge is -2.37. The zero-order valence-electron chi connectivity index (χ0n) is 17.2. The van der Waals surface area contributed by atoms with E-state index in [2.05, 4.69) is 26.5 Å². The third-order valence-electron chi connectivity index (χ3n) is 5.61. The Hall–Kier alpha value is -1.98. The second-order valence-electron chi connectivity index (χ2n) is 7.98. The maximum Gasteiger partial charge on any atom is 0.233 e. The fraction of sp³-hybridized carbons (Fsp3) is 0.579. The highest BCUT2D eigenvalue weighted by Crippen LogP contribution is 2.22. The van der Waals surface area contributed by atoms with Crippen LogP contribution < -0.4 is 0 Å². The van der Waals surface area contributed by atoms with Crippen molar-refractivity contribution in [1.29, 1.82) is 0 Å². The number of carbonyl (C=O) groups excluding carboxylic acids is 1. The molecule has 1 aromatic carbocycles. The summed E-state index contributed by atoms with van der Waals surface area (Å²) in [5.74, 6) is 0.845. The molecular formula is C19H26N6O3S2. The summed E-state index contributed by atoms with van der Waals surface area (Å²) in [6, 6.07) is 6.21. The van der Waals surface area contributed by atoms with Gasteiger partial charge in [0, 0.05) is 32.2 Å². The molecule has 0 bridgehead atoms. The molecule has 2 aromatic rings. The highest BCUT2D eigenvalue weighted by molar-refractivity contribution is 7.99. The number of hydrogen-bond donors (Lipinski definition) is 0. The number of rotatable bonds is 5. The molecule has 0 radical (unpaired) electrons. The minimum absolute atomic E-state index is 0.0497. The summed E-state index contributed by atoms with van der Waals surface area (Å²) in [5, 5.41) is 12.5. The van der Waals surface area contributed by atoms with Gasteiger partial charge in [-0.05, 0) is 54.0 Å². The maximum atomic E-state index is 12.7. The molecular weight excluding hydrogens is 424 g/mol. The number of aryl methyl sites for hydroxylation is 2. The van der Waals surface area contributed by atoms with Crippen molar-refractivity contribution >= 4 is 27.5 Å². The summed E-state index contributed by atoms with van der Waals surface area (Å²) in [7, 11) is -2.89. The molecule has 162 valence electrons. The smallest absolute Gasteiger partial charge is 0.233 e. The first-order chi connectivity index (χ1) is 14.3. The largest absolute Gasteiger partial charge is 0.339 e. The van der Waals surface area contributed by atoms with Crippen molar-refractivity contribution < 1.29 is 13.2 Å². The highest BCUT2D eigenvalue weighted by Gasteiger charge is 2.34. The summed E-state index contributed by atoms with van der Waals surface area (Å²) in [6.45, 7) is 6.74. The number of carbonyl (C=O) groups is 1. The number of sulfone groups is 1. The number of nitrogens with zero attached hydrogens (tertiary/aromatic N) is 6. The summed E-state index contributed by atoms with van der Waals surface area (Å²) >= 11 is 1.33. The number of amides is 1. The molecule has 1 atom stereocenters. The Morgan fingerprint density at radius 1 is 1.13 bits per heavy atom. The zero-order chi connectivity index (χ0) is 21.3. The zero-order valence-corrected chi connectivity index (χ0v) is 18.8. The van der Waals surface area contributed by atoms with Crippen LogP contribution in [0, 0.1) is 13.8 Å². The van der Waals surface area contributed by atoms with E-state index in [1.807, 2.05) is 30.9 Å². The number of benzene rings is 1. The topological polar surface area (TPSA) is 101 Å². The molecule has 1 amide bonds. The van der Waals surface area contributed by atoms with Gasteiger partial charge in [-0.3, -0.25) is 9.69 Å². The molecule has 1 unspecified atom stereocenters. The van der Waals surface area contributed by atoms with Crippen LogP contribution in [0.2, 0.25) is 0 Å². The van der Waals surface area contributed by atoms with Crippen LogP contribution in [-0.4, -0.2) is 93.8 Å². The van der Waals surface area contributed by atoms with Crippen LogP contribution in [0.5, 0.6) is 0 Å². The average molecular weight is 451 g/mol. The van der Waals surface area contributed by atoms with Crippen LogP contribution in [0.1, 0.15) is 17.5 Å². The van der Waals surface area contributed by atoms with Gasteiger partial charge in [0.25, 0.3) is 0 Å². The van der Waals surface area contributed by atoms with Crippen molar-refractivity contribution in [2.45, 2.75) is 31.5 Å². The first-order valence-corrected chi connectivity index (χ1v) is 12.8. The summed E-state index contributed by atoms with van der Waals surface area (Å²) in [4.78, 5) is 16.7. The first-order valence-electron chi connectivity index (χ1n) is 10.0. The highest BCUT2D eigenvalue weighted by atomic mass is 32.2. The van der Waals surface area contributed by atoms with Crippen LogP contribution >= 0.6 is 11.8 Å². The number of thioether (sulfide) groups is 1. The van der Waals surface area contributed by atoms with Crippen LogP contribution in [0.25, 0.3) is 5.69 Å². The predicted molar refractivity (Wildman–Crippen MR) is 115 cm³/mol. The molecule has 2 aliphatic heterocycles. The van der Waals surface area contributed by atoms with E-state index in [1.165, 1.54) is 11.8 Å². The van der Waals surface area contributed by atoms with Gasteiger partial charge in [0.15, 0.2) is 9.84 Å². The molecule has 0 spiro atoms. The van der Waals surface area contributed by atoms with Gasteiger partial charge in [-0.2, -0.15) is 4.68 Å². The Balaban J connectivity index is 1.32. The van der Waals surface area contributed by atoms with Gasteiger partial charge < -0.3 is 4.90 Å². The third kappa shape index (κ3) is 4.84. The van der Waals surface area contributed by atoms with Crippen molar-refractivity contribution in [3.05, 3.63) is 29.3 Å². The molecule has 11 heteroatoms. The van der Waals surface area contributed by atoms with Crippen molar-refractivity contribution in [1.82, 2.24) is 30.0 Å². The van der Waals surface area contributed by atoms with E-state index in [0.717, 1.165) is 29.9 Å². The molecule has 4 rings (SSSR count). The van der Waals surface area contributed by atoms with Gasteiger partial charge in [-0.25, -0.2) is 8.42 Å². The third-order valence-corrected chi connectivity index (χ3v) is 8.26. The predicted octanol–water partition coefficient (Wildman–Crippen LogP) is 0.703. The van der Waals surface area contributed by atoms with Crippen molar-refractivity contribution in [3.8, 4) is 5.69 Å². The van der Waals surface area contributed by atoms with Crippen molar-refractivity contribution in [2.24, 2.45) is 0 Å². The average Bonchev–Trinajstić information content (AvgIpc) is 3.31. The number of tetrazole rings is 1. The van der Waals surface area contributed by atoms with Gasteiger partial charge in [-0.15, -0.1) is 5.10 Å². The summed E-state index contributed by atoms with van der Waals surface area (Å²) < 4.78 is 25.1. The van der Waals surface area contributed by atoms with E-state index >= 15 is 0 Å². The van der Waals surface area contributed by atoms with Crippen LogP contribution in [0.15, 0.2) is 23.4 Å². The van der Waals surface area contributed by atoms with E-state index in [1.54, 1.807) is 4.68 Å². The molecule has 3 heterocycles. The number of hydrogen-bond acceptors (Lipinski definition) is 8. The molecule has 0 aliphatic carbocycles. The Bertz CT molecular complexity index is 1010. The van der Waals surface area contributed by atoms with E-state index in [-0.39, 0.29) is 29.2 Å². The first kappa shape index (κ1) is 21.3. The Morgan fingerprint density at radius 2 is 1.83 bits per heavy atom. The molecule has 0 N–H and O–H groups in total. The standard InChI is InChI=1S/C19H26N6O3S2/c1-14-9-15(2)11-17(10-14)25-19(20-21-22-25)29-12-18(26)24-6-4-23(5-7-24)16-3-8-30(27,28)13-16/h9-11,16H,3-8,12-13H2,1-2H3. The summed E-state index contributed by atoms with van der Waals surface area (Å²) in [6.07, 6.45) is 0.702. The lowest BCUT2D eigenvalue weighted by Crippen LogP contribution is -2.52. The van der Waals surface area contributed by atoms with Gasteiger partial charge >= 0.3 is 0 Å². The fourth-order valence-electron chi connectivity index (χ4n) is 4.12. The van der Waals surface area contributed by atoms with E-state index in [0.29, 0.717) is 24.7 Å².